The molecule has 0 radical (unpaired) electrons. The molecule has 11 heavy (non-hydrogen) atoms. The van der Waals surface area contributed by atoms with Gasteiger partial charge in [-0.1, -0.05) is 15.9 Å². The number of carboxylic acid groups (broad SMARTS) is 1. The molecule has 2 unspecified atom stereocenters. The lowest BCUT2D eigenvalue weighted by atomic mass is 10.1. The summed E-state index contributed by atoms with van der Waals surface area (Å²) in [6, 6.07) is -0.762. The highest BCUT2D eigenvalue weighted by Gasteiger charge is 2.12. The molecule has 0 bridgehead atoms. The maximum atomic E-state index is 10.2. The Morgan fingerprint density at radius 1 is 1.55 bits per heavy atom. The summed E-state index contributed by atoms with van der Waals surface area (Å²) in [6.45, 7) is 0.506. The van der Waals surface area contributed by atoms with Crippen LogP contribution in [0.2, 0.25) is 0 Å². The number of halogens is 1. The van der Waals surface area contributed by atoms with Crippen LogP contribution in [0, 0.1) is 0 Å². The number of carboxylic acids is 1. The first kappa shape index (κ1) is 10.9. The summed E-state index contributed by atoms with van der Waals surface area (Å²) >= 11 is 3.28. The van der Waals surface area contributed by atoms with Gasteiger partial charge in [-0.2, -0.15) is 0 Å². The normalized spacial score (nSPS) is 15.9. The van der Waals surface area contributed by atoms with E-state index in [-0.39, 0.29) is 4.83 Å². The van der Waals surface area contributed by atoms with E-state index in [2.05, 4.69) is 15.9 Å². The monoisotopic (exact) mass is 224 g/mol. The van der Waals surface area contributed by atoms with Crippen molar-refractivity contribution in [3.05, 3.63) is 0 Å². The van der Waals surface area contributed by atoms with Crippen molar-refractivity contribution in [1.82, 2.24) is 0 Å². The third-order valence-corrected chi connectivity index (χ3v) is 2.20. The molecule has 0 saturated carbocycles. The number of nitrogens with two attached hydrogens (primary N) is 2. The molecule has 0 aliphatic rings. The van der Waals surface area contributed by atoms with Crippen LogP contribution >= 0.6 is 15.9 Å². The van der Waals surface area contributed by atoms with E-state index >= 15 is 0 Å². The van der Waals surface area contributed by atoms with E-state index in [9.17, 15) is 4.79 Å². The third-order valence-electron chi connectivity index (χ3n) is 1.36. The van der Waals surface area contributed by atoms with E-state index in [0.29, 0.717) is 19.4 Å². The lowest BCUT2D eigenvalue weighted by Gasteiger charge is -2.08. The fourth-order valence-corrected chi connectivity index (χ4v) is 0.866. The average molecular weight is 225 g/mol. The third kappa shape index (κ3) is 5.17. The molecule has 0 aliphatic heterocycles. The second-order valence-electron chi connectivity index (χ2n) is 2.36. The molecule has 0 aromatic heterocycles. The van der Waals surface area contributed by atoms with Crippen LogP contribution in [0.25, 0.3) is 0 Å². The zero-order valence-corrected chi connectivity index (χ0v) is 7.75. The molecule has 0 spiro atoms. The largest absolute Gasteiger partial charge is 0.480 e. The Bertz CT molecular complexity index is 132. The van der Waals surface area contributed by atoms with Gasteiger partial charge in [0.05, 0.1) is 0 Å². The zero-order valence-electron chi connectivity index (χ0n) is 6.16. The molecule has 66 valence electrons. The fourth-order valence-electron chi connectivity index (χ4n) is 0.602. The smallest absolute Gasteiger partial charge is 0.320 e. The summed E-state index contributed by atoms with van der Waals surface area (Å²) in [6.07, 6.45) is 1.16. The molecule has 0 saturated heterocycles. The summed E-state index contributed by atoms with van der Waals surface area (Å²) in [4.78, 5) is 10.4. The van der Waals surface area contributed by atoms with Crippen LogP contribution in [0.5, 0.6) is 0 Å². The van der Waals surface area contributed by atoms with Crippen molar-refractivity contribution in [3.8, 4) is 0 Å². The number of hydrogen-bond acceptors (Lipinski definition) is 3. The number of aliphatic carboxylic acids is 1. The average Bonchev–Trinajstić information content (AvgIpc) is 1.99. The number of alkyl halides is 1. The van der Waals surface area contributed by atoms with Crippen molar-refractivity contribution in [2.24, 2.45) is 11.5 Å². The van der Waals surface area contributed by atoms with Gasteiger partial charge >= 0.3 is 5.97 Å². The Kier molecular flexibility index (Phi) is 5.45. The molecule has 0 fully saturated rings. The van der Waals surface area contributed by atoms with Crippen molar-refractivity contribution in [2.75, 3.05) is 6.54 Å². The minimum atomic E-state index is -0.957. The van der Waals surface area contributed by atoms with Crippen LogP contribution in [0.4, 0.5) is 0 Å². The van der Waals surface area contributed by atoms with Crippen LogP contribution in [-0.2, 0) is 4.79 Å². The summed E-state index contributed by atoms with van der Waals surface area (Å²) in [5.41, 5.74) is 10.6. The molecular weight excluding hydrogens is 212 g/mol. The first-order valence-electron chi connectivity index (χ1n) is 3.40. The Hall–Kier alpha value is -0.130. The molecule has 0 rings (SSSR count). The second-order valence-corrected chi connectivity index (χ2v) is 3.65. The highest BCUT2D eigenvalue weighted by molar-refractivity contribution is 9.09. The van der Waals surface area contributed by atoms with Crippen molar-refractivity contribution >= 4 is 21.9 Å². The van der Waals surface area contributed by atoms with Gasteiger partial charge in [0.1, 0.15) is 6.04 Å². The summed E-state index contributed by atoms with van der Waals surface area (Å²) < 4.78 is 0. The fraction of sp³-hybridized carbons (Fsp3) is 0.833. The molecule has 0 aromatic rings. The highest BCUT2D eigenvalue weighted by Crippen LogP contribution is 2.07. The lowest BCUT2D eigenvalue weighted by molar-refractivity contribution is -0.138. The van der Waals surface area contributed by atoms with E-state index in [1.165, 1.54) is 0 Å². The Morgan fingerprint density at radius 3 is 2.45 bits per heavy atom. The van der Waals surface area contributed by atoms with Gasteiger partial charge < -0.3 is 16.6 Å². The predicted octanol–water partition coefficient (Wildman–Crippen LogP) is -0.0993. The van der Waals surface area contributed by atoms with Gasteiger partial charge in [-0.05, 0) is 12.8 Å². The molecule has 0 aliphatic carbocycles. The minimum absolute atomic E-state index is 0.174. The van der Waals surface area contributed by atoms with Crippen molar-refractivity contribution in [1.29, 1.82) is 0 Å². The molecule has 2 atom stereocenters. The Morgan fingerprint density at radius 2 is 2.09 bits per heavy atom. The minimum Gasteiger partial charge on any atom is -0.480 e. The maximum Gasteiger partial charge on any atom is 0.320 e. The van der Waals surface area contributed by atoms with Crippen molar-refractivity contribution < 1.29 is 9.90 Å². The second kappa shape index (κ2) is 5.51. The summed E-state index contributed by atoms with van der Waals surface area (Å²) in [7, 11) is 0. The number of carbonyl (C=O) groups is 1. The van der Waals surface area contributed by atoms with Crippen molar-refractivity contribution in [2.45, 2.75) is 23.7 Å². The van der Waals surface area contributed by atoms with Gasteiger partial charge in [0.2, 0.25) is 0 Å². The zero-order chi connectivity index (χ0) is 8.85. The molecule has 0 amide bonds. The first-order valence-corrected chi connectivity index (χ1v) is 4.32. The van der Waals surface area contributed by atoms with Crippen LogP contribution in [0.3, 0.4) is 0 Å². The Labute approximate surface area is 74.1 Å². The van der Waals surface area contributed by atoms with Crippen LogP contribution in [-0.4, -0.2) is 28.5 Å². The summed E-state index contributed by atoms with van der Waals surface area (Å²) in [5.74, 6) is -0.957. The van der Waals surface area contributed by atoms with E-state index in [1.54, 1.807) is 0 Å². The SMILES string of the molecule is NCC(Br)CCC(N)C(=O)O. The Balaban J connectivity index is 3.45. The standard InChI is InChI=1S/C6H13BrN2O2/c7-4(3-8)1-2-5(9)6(10)11/h4-5H,1-3,8-9H2,(H,10,11). The first-order chi connectivity index (χ1) is 5.07. The number of hydrogen-bond donors (Lipinski definition) is 3. The van der Waals surface area contributed by atoms with E-state index < -0.39 is 12.0 Å². The van der Waals surface area contributed by atoms with E-state index in [0.717, 1.165) is 0 Å². The van der Waals surface area contributed by atoms with Gasteiger partial charge in [0.25, 0.3) is 0 Å². The molecule has 4 nitrogen and oxygen atoms in total. The molecular formula is C6H13BrN2O2. The number of rotatable bonds is 5. The lowest BCUT2D eigenvalue weighted by Crippen LogP contribution is -2.31. The summed E-state index contributed by atoms with van der Waals surface area (Å²) in [5, 5.41) is 8.40. The maximum absolute atomic E-state index is 10.2. The molecule has 5 N–H and O–H groups in total. The molecule has 5 heteroatoms. The van der Waals surface area contributed by atoms with Gasteiger partial charge in [-0.25, -0.2) is 0 Å². The topological polar surface area (TPSA) is 89.3 Å². The molecule has 0 aromatic carbocycles. The predicted molar refractivity (Wildman–Crippen MR) is 46.6 cm³/mol. The van der Waals surface area contributed by atoms with Crippen molar-refractivity contribution in [3.63, 3.8) is 0 Å². The van der Waals surface area contributed by atoms with Gasteiger partial charge in [-0.3, -0.25) is 4.79 Å². The van der Waals surface area contributed by atoms with Gasteiger partial charge in [-0.15, -0.1) is 0 Å². The highest BCUT2D eigenvalue weighted by atomic mass is 79.9. The van der Waals surface area contributed by atoms with Crippen LogP contribution < -0.4 is 11.5 Å². The van der Waals surface area contributed by atoms with Crippen LogP contribution in [0.15, 0.2) is 0 Å². The van der Waals surface area contributed by atoms with Crippen LogP contribution in [0.1, 0.15) is 12.8 Å². The van der Waals surface area contributed by atoms with E-state index in [1.807, 2.05) is 0 Å². The molecule has 0 heterocycles. The quantitative estimate of drug-likeness (QED) is 0.570. The van der Waals surface area contributed by atoms with Gasteiger partial charge in [0.15, 0.2) is 0 Å². The van der Waals surface area contributed by atoms with E-state index in [4.69, 9.17) is 16.6 Å². The van der Waals surface area contributed by atoms with Gasteiger partial charge in [0, 0.05) is 11.4 Å².